The Morgan fingerprint density at radius 1 is 1.09 bits per heavy atom. The van der Waals surface area contributed by atoms with Gasteiger partial charge in [-0.05, 0) is 49.6 Å². The van der Waals surface area contributed by atoms with E-state index in [0.717, 1.165) is 23.3 Å². The van der Waals surface area contributed by atoms with Crippen molar-refractivity contribution >= 4 is 11.9 Å². The van der Waals surface area contributed by atoms with Gasteiger partial charge < -0.3 is 9.47 Å². The highest BCUT2D eigenvalue weighted by Crippen LogP contribution is 2.39. The number of carbonyl (C=O) groups is 1. The zero-order valence-corrected chi connectivity index (χ0v) is 13.7. The van der Waals surface area contributed by atoms with E-state index in [-0.39, 0.29) is 5.78 Å². The maximum atomic E-state index is 12.5. The molecular weight excluding hydrogens is 288 g/mol. The van der Waals surface area contributed by atoms with Gasteiger partial charge in [-0.25, -0.2) is 0 Å². The van der Waals surface area contributed by atoms with Gasteiger partial charge in [-0.2, -0.15) is 0 Å². The molecule has 3 heteroatoms. The van der Waals surface area contributed by atoms with Crippen molar-refractivity contribution in [3.63, 3.8) is 0 Å². The lowest BCUT2D eigenvalue weighted by Crippen LogP contribution is -1.98. The van der Waals surface area contributed by atoms with Crippen LogP contribution in [0.15, 0.2) is 42.2 Å². The molecule has 3 nitrogen and oxygen atoms in total. The van der Waals surface area contributed by atoms with E-state index in [9.17, 15) is 4.79 Å². The van der Waals surface area contributed by atoms with Crippen molar-refractivity contribution < 1.29 is 14.3 Å². The van der Waals surface area contributed by atoms with Gasteiger partial charge in [0.1, 0.15) is 11.5 Å². The fourth-order valence-corrected chi connectivity index (χ4v) is 2.68. The van der Waals surface area contributed by atoms with Crippen LogP contribution >= 0.6 is 0 Å². The highest BCUT2D eigenvalue weighted by molar-refractivity contribution is 6.14. The summed E-state index contributed by atoms with van der Waals surface area (Å²) in [5.41, 5.74) is 3.69. The second-order valence-corrected chi connectivity index (χ2v) is 5.53. The van der Waals surface area contributed by atoms with Crippen LogP contribution in [0.1, 0.15) is 40.9 Å². The van der Waals surface area contributed by atoms with Crippen LogP contribution in [-0.4, -0.2) is 12.4 Å². The van der Waals surface area contributed by atoms with Gasteiger partial charge in [0, 0.05) is 5.56 Å². The number of Topliss-reactive ketones (excluding diaryl/α,β-unsaturated/α-hetero) is 1. The molecule has 0 unspecified atom stereocenters. The Labute approximate surface area is 136 Å². The molecule has 23 heavy (non-hydrogen) atoms. The van der Waals surface area contributed by atoms with Crippen LogP contribution in [0.5, 0.6) is 11.5 Å². The van der Waals surface area contributed by atoms with Crippen molar-refractivity contribution in [2.24, 2.45) is 0 Å². The Morgan fingerprint density at radius 3 is 2.48 bits per heavy atom. The standard InChI is InChI=1S/C20H20O3/c1-4-14-6-8-15(9-7-14)12-18-19(21)16-10-11-17(22-5-2)13(3)20(16)23-18/h6-12H,4-5H2,1-3H3/b18-12-. The van der Waals surface area contributed by atoms with Gasteiger partial charge in [0.15, 0.2) is 5.76 Å². The first-order chi connectivity index (χ1) is 11.1. The molecular formula is C20H20O3. The highest BCUT2D eigenvalue weighted by Gasteiger charge is 2.30. The summed E-state index contributed by atoms with van der Waals surface area (Å²) in [5, 5.41) is 0. The third-order valence-corrected chi connectivity index (χ3v) is 4.02. The van der Waals surface area contributed by atoms with E-state index < -0.39 is 0 Å². The molecule has 0 radical (unpaired) electrons. The quantitative estimate of drug-likeness (QED) is 0.776. The lowest BCUT2D eigenvalue weighted by atomic mass is 10.0. The van der Waals surface area contributed by atoms with Crippen molar-refractivity contribution in [1.82, 2.24) is 0 Å². The van der Waals surface area contributed by atoms with Crippen LogP contribution in [0.2, 0.25) is 0 Å². The number of ketones is 1. The molecule has 0 aromatic heterocycles. The molecule has 0 bridgehead atoms. The van der Waals surface area contributed by atoms with Crippen LogP contribution < -0.4 is 9.47 Å². The smallest absolute Gasteiger partial charge is 0.231 e. The van der Waals surface area contributed by atoms with Gasteiger partial charge in [0.2, 0.25) is 5.78 Å². The van der Waals surface area contributed by atoms with E-state index in [4.69, 9.17) is 9.47 Å². The van der Waals surface area contributed by atoms with E-state index >= 15 is 0 Å². The molecule has 2 aromatic rings. The van der Waals surface area contributed by atoms with Crippen LogP contribution in [0.4, 0.5) is 0 Å². The summed E-state index contributed by atoms with van der Waals surface area (Å²) in [5.74, 6) is 1.65. The van der Waals surface area contributed by atoms with E-state index in [1.165, 1.54) is 5.56 Å². The molecule has 0 fully saturated rings. The molecule has 1 aliphatic rings. The zero-order chi connectivity index (χ0) is 16.4. The summed E-state index contributed by atoms with van der Waals surface area (Å²) >= 11 is 0. The van der Waals surface area contributed by atoms with Crippen molar-refractivity contribution in [3.8, 4) is 11.5 Å². The first-order valence-corrected chi connectivity index (χ1v) is 7.93. The van der Waals surface area contributed by atoms with Gasteiger partial charge in [-0.3, -0.25) is 4.79 Å². The number of fused-ring (bicyclic) bond motifs is 1. The third-order valence-electron chi connectivity index (χ3n) is 4.02. The summed E-state index contributed by atoms with van der Waals surface area (Å²) in [6, 6.07) is 11.7. The molecule has 2 aromatic carbocycles. The van der Waals surface area contributed by atoms with Gasteiger partial charge >= 0.3 is 0 Å². The Hall–Kier alpha value is -2.55. The van der Waals surface area contributed by atoms with E-state index in [1.807, 2.05) is 32.0 Å². The van der Waals surface area contributed by atoms with Crippen LogP contribution in [0.3, 0.4) is 0 Å². The molecule has 0 aliphatic carbocycles. The molecule has 0 saturated carbocycles. The molecule has 1 aliphatic heterocycles. The molecule has 0 amide bonds. The molecule has 0 atom stereocenters. The summed E-state index contributed by atoms with van der Waals surface area (Å²) in [7, 11) is 0. The van der Waals surface area contributed by atoms with Gasteiger partial charge in [0.25, 0.3) is 0 Å². The second kappa shape index (κ2) is 6.29. The summed E-state index contributed by atoms with van der Waals surface area (Å²) < 4.78 is 11.4. The molecule has 3 rings (SSSR count). The number of allylic oxidation sites excluding steroid dienone is 1. The van der Waals surface area contributed by atoms with Crippen molar-refractivity contribution in [2.45, 2.75) is 27.2 Å². The fraction of sp³-hybridized carbons (Fsp3) is 0.250. The van der Waals surface area contributed by atoms with Crippen LogP contribution in [0.25, 0.3) is 6.08 Å². The Kier molecular flexibility index (Phi) is 4.20. The number of aryl methyl sites for hydroxylation is 1. The Morgan fingerprint density at radius 2 is 1.83 bits per heavy atom. The van der Waals surface area contributed by atoms with E-state index in [1.54, 1.807) is 12.1 Å². The lowest BCUT2D eigenvalue weighted by molar-refractivity contribution is 0.101. The highest BCUT2D eigenvalue weighted by atomic mass is 16.5. The number of hydrogen-bond acceptors (Lipinski definition) is 3. The number of hydrogen-bond donors (Lipinski definition) is 0. The summed E-state index contributed by atoms with van der Waals surface area (Å²) in [6.07, 6.45) is 2.79. The minimum absolute atomic E-state index is 0.0780. The number of rotatable bonds is 4. The van der Waals surface area contributed by atoms with Gasteiger partial charge in [-0.1, -0.05) is 31.2 Å². The van der Waals surface area contributed by atoms with Crippen molar-refractivity contribution in [2.75, 3.05) is 6.61 Å². The van der Waals surface area contributed by atoms with E-state index in [0.29, 0.717) is 23.7 Å². The van der Waals surface area contributed by atoms with Crippen LogP contribution in [-0.2, 0) is 6.42 Å². The lowest BCUT2D eigenvalue weighted by Gasteiger charge is -2.09. The Balaban J connectivity index is 1.93. The van der Waals surface area contributed by atoms with Crippen molar-refractivity contribution in [3.05, 3.63) is 64.4 Å². The second-order valence-electron chi connectivity index (χ2n) is 5.53. The molecule has 0 spiro atoms. The molecule has 0 N–H and O–H groups in total. The average molecular weight is 308 g/mol. The third kappa shape index (κ3) is 2.87. The maximum absolute atomic E-state index is 12.5. The normalized spacial score (nSPS) is 14.7. The predicted molar refractivity (Wildman–Crippen MR) is 91.1 cm³/mol. The SMILES string of the molecule is CCOc1ccc2c(c1C)O/C(=C\c1ccc(CC)cc1)C2=O. The zero-order valence-electron chi connectivity index (χ0n) is 13.7. The predicted octanol–water partition coefficient (Wildman–Crippen LogP) is 4.57. The summed E-state index contributed by atoms with van der Waals surface area (Å²) in [4.78, 5) is 12.5. The minimum atomic E-state index is -0.0780. The number of benzene rings is 2. The van der Waals surface area contributed by atoms with Gasteiger partial charge in [-0.15, -0.1) is 0 Å². The van der Waals surface area contributed by atoms with Crippen LogP contribution in [0, 0.1) is 6.92 Å². The summed E-state index contributed by atoms with van der Waals surface area (Å²) in [6.45, 7) is 6.55. The average Bonchev–Trinajstić information content (AvgIpc) is 2.88. The number of ether oxygens (including phenoxy) is 2. The molecule has 118 valence electrons. The Bertz CT molecular complexity index is 770. The maximum Gasteiger partial charge on any atom is 0.231 e. The van der Waals surface area contributed by atoms with Crippen molar-refractivity contribution in [1.29, 1.82) is 0 Å². The first-order valence-electron chi connectivity index (χ1n) is 7.93. The fourth-order valence-electron chi connectivity index (χ4n) is 2.68. The topological polar surface area (TPSA) is 35.5 Å². The largest absolute Gasteiger partial charge is 0.493 e. The molecule has 0 saturated heterocycles. The molecule has 1 heterocycles. The number of carbonyl (C=O) groups excluding carboxylic acids is 1. The monoisotopic (exact) mass is 308 g/mol. The minimum Gasteiger partial charge on any atom is -0.493 e. The first kappa shape index (κ1) is 15.3. The van der Waals surface area contributed by atoms with E-state index in [2.05, 4.69) is 19.1 Å². The van der Waals surface area contributed by atoms with Gasteiger partial charge in [0.05, 0.1) is 12.2 Å².